The first-order chi connectivity index (χ1) is 15.9. The number of aliphatic hydroxyl groups is 1. The fraction of sp³-hybridized carbons (Fsp3) is 0.821. The van der Waals surface area contributed by atoms with E-state index >= 15 is 0 Å². The number of unbranched alkanes of at least 4 members (excludes halogenated alkanes) is 12. The van der Waals surface area contributed by atoms with Crippen LogP contribution in [-0.4, -0.2) is 41.8 Å². The average Bonchev–Trinajstić information content (AvgIpc) is 3.33. The fourth-order valence-corrected chi connectivity index (χ4v) is 4.64. The number of rotatable bonds is 17. The Hall–Kier alpha value is -1.17. The van der Waals surface area contributed by atoms with Crippen LogP contribution in [0.5, 0.6) is 0 Å². The molecule has 2 fully saturated rings. The second-order valence-electron chi connectivity index (χ2n) is 10.2. The number of carbonyl (C=O) groups excluding carboxylic acids is 1. The lowest BCUT2D eigenvalue weighted by atomic mass is 9.92. The number of ether oxygens (including phenoxy) is 3. The van der Waals surface area contributed by atoms with E-state index in [4.69, 9.17) is 14.2 Å². The Morgan fingerprint density at radius 2 is 1.48 bits per heavy atom. The molecule has 33 heavy (non-hydrogen) atoms. The van der Waals surface area contributed by atoms with Crippen LogP contribution in [0.15, 0.2) is 23.8 Å². The minimum Gasteiger partial charge on any atom is -0.450 e. The monoisotopic (exact) mass is 464 g/mol. The molecule has 5 heteroatoms. The first kappa shape index (κ1) is 28.1. The summed E-state index contributed by atoms with van der Waals surface area (Å²) in [5.74, 6) is -1.04. The molecule has 0 saturated carbocycles. The first-order valence-corrected chi connectivity index (χ1v) is 13.4. The minimum atomic E-state index is -1.01. The molecule has 0 amide bonds. The summed E-state index contributed by atoms with van der Waals surface area (Å²) in [4.78, 5) is 12.4. The van der Waals surface area contributed by atoms with Crippen molar-refractivity contribution in [1.29, 1.82) is 0 Å². The van der Waals surface area contributed by atoms with E-state index in [9.17, 15) is 9.90 Å². The Kier molecular flexibility index (Phi) is 12.7. The van der Waals surface area contributed by atoms with E-state index < -0.39 is 17.5 Å². The molecule has 0 bridgehead atoms. The lowest BCUT2D eigenvalue weighted by Crippen LogP contribution is -2.47. The maximum absolute atomic E-state index is 12.4. The Morgan fingerprint density at radius 1 is 0.909 bits per heavy atom. The van der Waals surface area contributed by atoms with Crippen molar-refractivity contribution >= 4 is 5.97 Å². The highest BCUT2D eigenvalue weighted by atomic mass is 16.8. The van der Waals surface area contributed by atoms with Crippen LogP contribution in [0.2, 0.25) is 0 Å². The minimum absolute atomic E-state index is 0.256. The van der Waals surface area contributed by atoms with Crippen molar-refractivity contribution < 1.29 is 24.1 Å². The Morgan fingerprint density at radius 3 is 2.03 bits per heavy atom. The maximum atomic E-state index is 12.4. The SMILES string of the molecule is CCCCCCCC/C=C\CCCCCCC/C=C1\C[C@@](CO)([C@@H]2COC(C)(C)O2)OC1=O. The van der Waals surface area contributed by atoms with Crippen molar-refractivity contribution in [2.24, 2.45) is 0 Å². The second-order valence-corrected chi connectivity index (χ2v) is 10.2. The van der Waals surface area contributed by atoms with Crippen molar-refractivity contribution in [2.75, 3.05) is 13.2 Å². The summed E-state index contributed by atoms with van der Waals surface area (Å²) < 4.78 is 17.1. The molecule has 190 valence electrons. The van der Waals surface area contributed by atoms with E-state index in [1.807, 2.05) is 19.9 Å². The van der Waals surface area contributed by atoms with E-state index in [2.05, 4.69) is 19.1 Å². The predicted molar refractivity (Wildman–Crippen MR) is 133 cm³/mol. The van der Waals surface area contributed by atoms with Crippen LogP contribution >= 0.6 is 0 Å². The zero-order chi connectivity index (χ0) is 24.0. The van der Waals surface area contributed by atoms with Gasteiger partial charge in [0.05, 0.1) is 13.2 Å². The Labute approximate surface area is 201 Å². The second kappa shape index (κ2) is 15.0. The van der Waals surface area contributed by atoms with E-state index in [1.54, 1.807) is 0 Å². The Balaban J connectivity index is 1.52. The van der Waals surface area contributed by atoms with Gasteiger partial charge in [-0.25, -0.2) is 4.79 Å². The number of hydrogen-bond acceptors (Lipinski definition) is 5. The highest BCUT2D eigenvalue weighted by Gasteiger charge is 2.54. The molecule has 0 aliphatic carbocycles. The van der Waals surface area contributed by atoms with Crippen LogP contribution in [0.3, 0.4) is 0 Å². The normalized spacial score (nSPS) is 26.0. The molecule has 5 nitrogen and oxygen atoms in total. The molecule has 2 saturated heterocycles. The third-order valence-electron chi connectivity index (χ3n) is 6.77. The molecule has 0 radical (unpaired) electrons. The summed E-state index contributed by atoms with van der Waals surface area (Å²) in [6, 6.07) is 0. The molecular formula is C28H48O5. The van der Waals surface area contributed by atoms with Gasteiger partial charge in [-0.05, 0) is 52.4 Å². The summed E-state index contributed by atoms with van der Waals surface area (Å²) in [6.07, 6.45) is 24.2. The number of hydrogen-bond donors (Lipinski definition) is 1. The van der Waals surface area contributed by atoms with Crippen LogP contribution in [-0.2, 0) is 19.0 Å². The van der Waals surface area contributed by atoms with Gasteiger partial charge in [0.2, 0.25) is 0 Å². The molecule has 0 unspecified atom stereocenters. The van der Waals surface area contributed by atoms with Gasteiger partial charge in [0.15, 0.2) is 11.4 Å². The van der Waals surface area contributed by atoms with E-state index in [1.165, 1.54) is 77.0 Å². The third-order valence-corrected chi connectivity index (χ3v) is 6.77. The van der Waals surface area contributed by atoms with Crippen molar-refractivity contribution in [3.05, 3.63) is 23.8 Å². The molecule has 1 N–H and O–H groups in total. The molecule has 0 spiro atoms. The predicted octanol–water partition coefficient (Wildman–Crippen LogP) is 6.78. The average molecular weight is 465 g/mol. The number of carbonyl (C=O) groups is 1. The van der Waals surface area contributed by atoms with E-state index in [-0.39, 0.29) is 12.6 Å². The first-order valence-electron chi connectivity index (χ1n) is 13.4. The van der Waals surface area contributed by atoms with E-state index in [0.717, 1.165) is 12.8 Å². The molecular weight excluding hydrogens is 416 g/mol. The van der Waals surface area contributed by atoms with Gasteiger partial charge in [-0.3, -0.25) is 0 Å². The van der Waals surface area contributed by atoms with Gasteiger partial charge in [0.25, 0.3) is 0 Å². The van der Waals surface area contributed by atoms with Gasteiger partial charge >= 0.3 is 5.97 Å². The van der Waals surface area contributed by atoms with Crippen LogP contribution in [0, 0.1) is 0 Å². The number of allylic oxidation sites excluding steroid dienone is 3. The Bertz CT molecular complexity index is 624. The number of esters is 1. The van der Waals surface area contributed by atoms with Gasteiger partial charge in [-0.1, -0.05) is 76.5 Å². The standard InChI is InChI=1S/C28H48O5/c1-4-5-6-7-8-9-10-11-12-13-14-15-16-17-18-19-20-24-21-28(23-29,33-26(24)30)25-22-31-27(2,3)32-25/h11-12,20,25,29H,4-10,13-19,21-23H2,1-3H3/b12-11-,24-20+/t25-,28+/m0/s1. The number of aliphatic hydroxyl groups excluding tert-OH is 1. The summed E-state index contributed by atoms with van der Waals surface area (Å²) >= 11 is 0. The smallest absolute Gasteiger partial charge is 0.334 e. The van der Waals surface area contributed by atoms with Crippen LogP contribution in [0.25, 0.3) is 0 Å². The molecule has 2 aliphatic rings. The highest BCUT2D eigenvalue weighted by Crippen LogP contribution is 2.40. The molecule has 2 heterocycles. The molecule has 2 rings (SSSR count). The fourth-order valence-electron chi connectivity index (χ4n) is 4.64. The highest BCUT2D eigenvalue weighted by molar-refractivity contribution is 5.91. The van der Waals surface area contributed by atoms with Crippen molar-refractivity contribution in [2.45, 2.75) is 135 Å². The molecule has 0 aromatic carbocycles. The van der Waals surface area contributed by atoms with Crippen LogP contribution in [0.1, 0.15) is 117 Å². The summed E-state index contributed by atoms with van der Waals surface area (Å²) in [5.41, 5.74) is -0.355. The van der Waals surface area contributed by atoms with Gasteiger partial charge in [0, 0.05) is 12.0 Å². The summed E-state index contributed by atoms with van der Waals surface area (Å²) in [7, 11) is 0. The van der Waals surface area contributed by atoms with Gasteiger partial charge in [-0.15, -0.1) is 0 Å². The third kappa shape index (κ3) is 9.92. The molecule has 2 atom stereocenters. The maximum Gasteiger partial charge on any atom is 0.334 e. The lowest BCUT2D eigenvalue weighted by Gasteiger charge is -2.30. The molecule has 0 aromatic rings. The van der Waals surface area contributed by atoms with Crippen LogP contribution < -0.4 is 0 Å². The molecule has 2 aliphatic heterocycles. The van der Waals surface area contributed by atoms with Crippen molar-refractivity contribution in [1.82, 2.24) is 0 Å². The van der Waals surface area contributed by atoms with Gasteiger partial charge in [0.1, 0.15) is 6.10 Å². The largest absolute Gasteiger partial charge is 0.450 e. The van der Waals surface area contributed by atoms with Gasteiger partial charge < -0.3 is 19.3 Å². The van der Waals surface area contributed by atoms with Crippen molar-refractivity contribution in [3.8, 4) is 0 Å². The zero-order valence-electron chi connectivity index (χ0n) is 21.4. The van der Waals surface area contributed by atoms with Crippen molar-refractivity contribution in [3.63, 3.8) is 0 Å². The van der Waals surface area contributed by atoms with Gasteiger partial charge in [-0.2, -0.15) is 0 Å². The zero-order valence-corrected chi connectivity index (χ0v) is 21.4. The van der Waals surface area contributed by atoms with Crippen LogP contribution in [0.4, 0.5) is 0 Å². The lowest BCUT2D eigenvalue weighted by molar-refractivity contribution is -0.188. The molecule has 0 aromatic heterocycles. The topological polar surface area (TPSA) is 65.0 Å². The summed E-state index contributed by atoms with van der Waals surface area (Å²) in [5, 5.41) is 9.95. The van der Waals surface area contributed by atoms with E-state index in [0.29, 0.717) is 18.6 Å². The number of cyclic esters (lactones) is 1. The quantitative estimate of drug-likeness (QED) is 0.111. The summed E-state index contributed by atoms with van der Waals surface area (Å²) in [6.45, 7) is 5.99.